The van der Waals surface area contributed by atoms with Crippen LogP contribution in [0.4, 0.5) is 0 Å². The first-order valence-corrected chi connectivity index (χ1v) is 7.95. The van der Waals surface area contributed by atoms with Crippen LogP contribution in [0.25, 0.3) is 0 Å². The summed E-state index contributed by atoms with van der Waals surface area (Å²) in [5, 5.41) is 0. The predicted molar refractivity (Wildman–Crippen MR) is 85.4 cm³/mol. The van der Waals surface area contributed by atoms with Crippen LogP contribution in [0.5, 0.6) is 0 Å². The van der Waals surface area contributed by atoms with Gasteiger partial charge in [0.25, 0.3) is 0 Å². The van der Waals surface area contributed by atoms with Gasteiger partial charge in [0, 0.05) is 5.54 Å². The second-order valence-corrected chi connectivity index (χ2v) is 6.02. The minimum atomic E-state index is 0.124. The third-order valence-electron chi connectivity index (χ3n) is 5.04. The monoisotopic (exact) mass is 275 g/mol. The van der Waals surface area contributed by atoms with Gasteiger partial charge in [-0.25, -0.2) is 0 Å². The molecule has 2 rings (SSSR count). The number of rotatable bonds is 6. The molecule has 0 aromatic heterocycles. The Morgan fingerprint density at radius 2 is 1.90 bits per heavy atom. The highest BCUT2D eigenvalue weighted by molar-refractivity contribution is 5.28. The van der Waals surface area contributed by atoms with Crippen molar-refractivity contribution >= 4 is 0 Å². The molecule has 1 saturated heterocycles. The van der Waals surface area contributed by atoms with E-state index in [0.717, 1.165) is 12.8 Å². The van der Waals surface area contributed by atoms with Crippen molar-refractivity contribution in [3.8, 4) is 0 Å². The van der Waals surface area contributed by atoms with Gasteiger partial charge in [0.15, 0.2) is 0 Å². The van der Waals surface area contributed by atoms with Crippen molar-refractivity contribution in [3.05, 3.63) is 35.4 Å². The molecule has 20 heavy (non-hydrogen) atoms. The van der Waals surface area contributed by atoms with Gasteiger partial charge >= 0.3 is 0 Å². The zero-order chi connectivity index (χ0) is 14.6. The predicted octanol–water partition coefficient (Wildman–Crippen LogP) is 3.15. The van der Waals surface area contributed by atoms with Crippen molar-refractivity contribution in [1.82, 2.24) is 10.3 Å². The summed E-state index contributed by atoms with van der Waals surface area (Å²) in [5.41, 5.74) is 5.85. The van der Waals surface area contributed by atoms with Crippen molar-refractivity contribution < 1.29 is 0 Å². The Kier molecular flexibility index (Phi) is 5.19. The Bertz CT molecular complexity index is 420. The maximum atomic E-state index is 5.98. The first-order valence-electron chi connectivity index (χ1n) is 7.95. The van der Waals surface area contributed by atoms with Crippen LogP contribution in [0.3, 0.4) is 0 Å². The Morgan fingerprint density at radius 1 is 1.25 bits per heavy atom. The van der Waals surface area contributed by atoms with Crippen LogP contribution in [-0.4, -0.2) is 23.5 Å². The number of hydrogen-bond acceptors (Lipinski definition) is 3. The molecule has 1 fully saturated rings. The number of hydrogen-bond donors (Lipinski definition) is 2. The normalized spacial score (nSPS) is 18.4. The molecule has 0 amide bonds. The van der Waals surface area contributed by atoms with E-state index in [2.05, 4.69) is 55.4 Å². The first kappa shape index (κ1) is 15.5. The van der Waals surface area contributed by atoms with Gasteiger partial charge in [-0.1, -0.05) is 43.7 Å². The Labute approximate surface area is 123 Å². The highest BCUT2D eigenvalue weighted by Crippen LogP contribution is 2.39. The summed E-state index contributed by atoms with van der Waals surface area (Å²) in [5.74, 6) is 5.98. The number of benzene rings is 1. The van der Waals surface area contributed by atoms with Gasteiger partial charge in [0.05, 0.1) is 6.04 Å². The lowest BCUT2D eigenvalue weighted by Gasteiger charge is -2.46. The number of aryl methyl sites for hydroxylation is 1. The van der Waals surface area contributed by atoms with Crippen LogP contribution >= 0.6 is 0 Å². The number of nitrogens with zero attached hydrogens (tertiary/aromatic N) is 1. The highest BCUT2D eigenvalue weighted by Gasteiger charge is 2.42. The number of nitrogens with one attached hydrogen (secondary N) is 1. The Hall–Kier alpha value is -0.900. The molecule has 112 valence electrons. The zero-order valence-corrected chi connectivity index (χ0v) is 13.2. The van der Waals surface area contributed by atoms with E-state index in [-0.39, 0.29) is 11.6 Å². The van der Waals surface area contributed by atoms with Gasteiger partial charge in [0.1, 0.15) is 0 Å². The lowest BCUT2D eigenvalue weighted by molar-refractivity contribution is 0.0616. The van der Waals surface area contributed by atoms with E-state index in [1.807, 2.05) is 0 Å². The molecular formula is C17H29N3. The quantitative estimate of drug-likeness (QED) is 0.619. The molecule has 1 heterocycles. The molecule has 0 aliphatic carbocycles. The van der Waals surface area contributed by atoms with Crippen LogP contribution in [-0.2, 0) is 0 Å². The highest BCUT2D eigenvalue weighted by atomic mass is 15.3. The summed E-state index contributed by atoms with van der Waals surface area (Å²) in [4.78, 5) is 2.65. The molecule has 1 aliphatic heterocycles. The van der Waals surface area contributed by atoms with E-state index in [1.54, 1.807) is 0 Å². The fourth-order valence-corrected chi connectivity index (χ4v) is 3.86. The lowest BCUT2D eigenvalue weighted by Crippen LogP contribution is -2.56. The fraction of sp³-hybridized carbons (Fsp3) is 0.647. The molecule has 3 heteroatoms. The van der Waals surface area contributed by atoms with Gasteiger partial charge in [-0.15, -0.1) is 0 Å². The molecule has 0 bridgehead atoms. The molecule has 0 radical (unpaired) electrons. The molecular weight excluding hydrogens is 246 g/mol. The number of likely N-dealkylation sites (tertiary alicyclic amines) is 1. The summed E-state index contributed by atoms with van der Waals surface area (Å²) in [6.07, 6.45) is 4.86. The van der Waals surface area contributed by atoms with Gasteiger partial charge in [-0.05, 0) is 51.3 Å². The Balaban J connectivity index is 2.38. The van der Waals surface area contributed by atoms with E-state index in [9.17, 15) is 0 Å². The van der Waals surface area contributed by atoms with Crippen LogP contribution in [0.2, 0.25) is 0 Å². The second kappa shape index (κ2) is 6.70. The molecule has 3 nitrogen and oxygen atoms in total. The van der Waals surface area contributed by atoms with Gasteiger partial charge in [0.2, 0.25) is 0 Å². The van der Waals surface area contributed by atoms with Crippen molar-refractivity contribution in [2.75, 3.05) is 13.1 Å². The molecule has 1 unspecified atom stereocenters. The topological polar surface area (TPSA) is 41.3 Å². The molecule has 0 spiro atoms. The smallest absolute Gasteiger partial charge is 0.0643 e. The first-order chi connectivity index (χ1) is 9.67. The van der Waals surface area contributed by atoms with Crippen LogP contribution in [0.15, 0.2) is 24.3 Å². The molecule has 1 aliphatic rings. The average molecular weight is 275 g/mol. The van der Waals surface area contributed by atoms with Crippen LogP contribution in [0, 0.1) is 6.92 Å². The molecule has 1 aromatic carbocycles. The van der Waals surface area contributed by atoms with E-state index >= 15 is 0 Å². The molecule has 3 N–H and O–H groups in total. The van der Waals surface area contributed by atoms with E-state index < -0.39 is 0 Å². The SMILES string of the molecule is CCC(CC)(C(NN)c1cccc(C)c1)N1CCCC1. The maximum Gasteiger partial charge on any atom is 0.0643 e. The van der Waals surface area contributed by atoms with Crippen LogP contribution < -0.4 is 11.3 Å². The summed E-state index contributed by atoms with van der Waals surface area (Å²) in [7, 11) is 0. The number of nitrogens with two attached hydrogens (primary N) is 1. The van der Waals surface area contributed by atoms with E-state index in [1.165, 1.54) is 37.1 Å². The van der Waals surface area contributed by atoms with Crippen molar-refractivity contribution in [1.29, 1.82) is 0 Å². The van der Waals surface area contributed by atoms with Gasteiger partial charge in [-0.3, -0.25) is 16.2 Å². The molecule has 0 saturated carbocycles. The summed E-state index contributed by atoms with van der Waals surface area (Å²) in [6.45, 7) is 9.13. The lowest BCUT2D eigenvalue weighted by atomic mass is 9.79. The van der Waals surface area contributed by atoms with E-state index in [4.69, 9.17) is 5.84 Å². The van der Waals surface area contributed by atoms with Crippen molar-refractivity contribution in [2.45, 2.75) is 58.0 Å². The second-order valence-electron chi connectivity index (χ2n) is 6.02. The third kappa shape index (κ3) is 2.76. The fourth-order valence-electron chi connectivity index (χ4n) is 3.86. The van der Waals surface area contributed by atoms with Crippen LogP contribution in [0.1, 0.15) is 56.7 Å². The van der Waals surface area contributed by atoms with Crippen molar-refractivity contribution in [2.24, 2.45) is 5.84 Å². The summed E-state index contributed by atoms with van der Waals surface area (Å²) >= 11 is 0. The van der Waals surface area contributed by atoms with Gasteiger partial charge < -0.3 is 0 Å². The van der Waals surface area contributed by atoms with Crippen molar-refractivity contribution in [3.63, 3.8) is 0 Å². The largest absolute Gasteiger partial charge is 0.296 e. The maximum absolute atomic E-state index is 5.98. The number of hydrazine groups is 1. The third-order valence-corrected chi connectivity index (χ3v) is 5.04. The molecule has 1 aromatic rings. The summed E-state index contributed by atoms with van der Waals surface area (Å²) in [6, 6.07) is 8.94. The zero-order valence-electron chi connectivity index (χ0n) is 13.2. The Morgan fingerprint density at radius 3 is 2.40 bits per heavy atom. The summed E-state index contributed by atoms with van der Waals surface area (Å²) < 4.78 is 0. The standard InChI is InChI=1S/C17H29N3/c1-4-17(5-2,20-11-6-7-12-20)16(19-18)15-10-8-9-14(3)13-15/h8-10,13,16,19H,4-7,11-12,18H2,1-3H3. The minimum absolute atomic E-state index is 0.124. The van der Waals surface area contributed by atoms with E-state index in [0.29, 0.717) is 0 Å². The molecule has 1 atom stereocenters. The minimum Gasteiger partial charge on any atom is -0.296 e. The van der Waals surface area contributed by atoms with Gasteiger partial charge in [-0.2, -0.15) is 0 Å². The average Bonchev–Trinajstić information content (AvgIpc) is 2.99.